The average molecular weight is 301 g/mol. The molecule has 0 radical (unpaired) electrons. The lowest BCUT2D eigenvalue weighted by Crippen LogP contribution is -2.11. The van der Waals surface area contributed by atoms with E-state index in [9.17, 15) is 0 Å². The van der Waals surface area contributed by atoms with E-state index in [-0.39, 0.29) is 6.79 Å². The zero-order valence-corrected chi connectivity index (χ0v) is 12.4. The summed E-state index contributed by atoms with van der Waals surface area (Å²) in [5.74, 6) is 2.20. The lowest BCUT2D eigenvalue weighted by atomic mass is 10.1. The quantitative estimate of drug-likeness (QED) is 0.880. The first-order valence-electron chi connectivity index (χ1n) is 6.55. The van der Waals surface area contributed by atoms with Gasteiger partial charge in [0.15, 0.2) is 11.5 Å². The van der Waals surface area contributed by atoms with E-state index >= 15 is 0 Å². The molecule has 0 fully saturated rings. The van der Waals surface area contributed by atoms with Crippen molar-refractivity contribution in [3.63, 3.8) is 0 Å². The van der Waals surface area contributed by atoms with E-state index in [1.807, 2.05) is 43.3 Å². The van der Waals surface area contributed by atoms with Crippen LogP contribution < -0.4 is 19.9 Å². The summed E-state index contributed by atoms with van der Waals surface area (Å²) in [6.45, 7) is 2.68. The lowest BCUT2D eigenvalue weighted by molar-refractivity contribution is 0.174. The number of nitrogens with two attached hydrogens (primary N) is 1. The van der Waals surface area contributed by atoms with Gasteiger partial charge in [0.25, 0.3) is 0 Å². The van der Waals surface area contributed by atoms with Crippen molar-refractivity contribution >= 4 is 17.2 Å². The van der Waals surface area contributed by atoms with Crippen LogP contribution in [0.3, 0.4) is 0 Å². The molecule has 2 N–H and O–H groups in total. The molecule has 0 bridgehead atoms. The highest BCUT2D eigenvalue weighted by atomic mass is 32.1. The van der Waals surface area contributed by atoms with Crippen LogP contribution in [0, 0.1) is 6.92 Å². The van der Waals surface area contributed by atoms with Gasteiger partial charge in [0, 0.05) is 0 Å². The van der Waals surface area contributed by atoms with Crippen molar-refractivity contribution in [2.24, 2.45) is 5.73 Å². The molecule has 1 aliphatic heterocycles. The highest BCUT2D eigenvalue weighted by molar-refractivity contribution is 7.80. The molecule has 108 valence electrons. The Morgan fingerprint density at radius 3 is 2.81 bits per heavy atom. The third-order valence-electron chi connectivity index (χ3n) is 3.23. The van der Waals surface area contributed by atoms with Gasteiger partial charge in [-0.2, -0.15) is 0 Å². The molecule has 2 aromatic rings. The van der Waals surface area contributed by atoms with Crippen LogP contribution in [0.25, 0.3) is 0 Å². The molecule has 21 heavy (non-hydrogen) atoms. The Kier molecular flexibility index (Phi) is 3.66. The van der Waals surface area contributed by atoms with E-state index in [2.05, 4.69) is 0 Å². The number of fused-ring (bicyclic) bond motifs is 1. The van der Waals surface area contributed by atoms with Gasteiger partial charge in [0.1, 0.15) is 17.3 Å². The van der Waals surface area contributed by atoms with Crippen molar-refractivity contribution in [1.82, 2.24) is 0 Å². The second kappa shape index (κ2) is 5.61. The Balaban J connectivity index is 1.78. The molecule has 0 saturated heterocycles. The molecular weight excluding hydrogens is 286 g/mol. The third kappa shape index (κ3) is 2.92. The molecule has 2 aromatic carbocycles. The maximum Gasteiger partial charge on any atom is 0.231 e. The first kappa shape index (κ1) is 13.7. The first-order chi connectivity index (χ1) is 10.1. The van der Waals surface area contributed by atoms with Crippen molar-refractivity contribution in [1.29, 1.82) is 0 Å². The second-order valence-electron chi connectivity index (χ2n) is 4.84. The Hall–Kier alpha value is -2.27. The van der Waals surface area contributed by atoms with Crippen LogP contribution >= 0.6 is 12.2 Å². The van der Waals surface area contributed by atoms with Gasteiger partial charge in [-0.25, -0.2) is 0 Å². The highest BCUT2D eigenvalue weighted by Gasteiger charge is 2.14. The van der Waals surface area contributed by atoms with Gasteiger partial charge in [-0.15, -0.1) is 0 Å². The van der Waals surface area contributed by atoms with Crippen molar-refractivity contribution < 1.29 is 14.2 Å². The zero-order valence-electron chi connectivity index (χ0n) is 11.6. The van der Waals surface area contributed by atoms with Crippen LogP contribution in [-0.2, 0) is 6.61 Å². The number of ether oxygens (including phenoxy) is 3. The molecule has 0 aromatic heterocycles. The molecule has 1 heterocycles. The van der Waals surface area contributed by atoms with E-state index < -0.39 is 0 Å². The van der Waals surface area contributed by atoms with Crippen LogP contribution in [-0.4, -0.2) is 11.8 Å². The minimum absolute atomic E-state index is 0.267. The molecule has 0 unspecified atom stereocenters. The summed E-state index contributed by atoms with van der Waals surface area (Å²) in [5, 5.41) is 0. The van der Waals surface area contributed by atoms with Gasteiger partial charge in [-0.1, -0.05) is 24.4 Å². The summed E-state index contributed by atoms with van der Waals surface area (Å²) >= 11 is 5.05. The SMILES string of the molecule is Cc1ccc(C(N)=S)c(OCc2ccc3c(c2)OCO3)c1. The molecule has 0 atom stereocenters. The van der Waals surface area contributed by atoms with Crippen molar-refractivity contribution in [2.75, 3.05) is 6.79 Å². The van der Waals surface area contributed by atoms with Crippen LogP contribution in [0.15, 0.2) is 36.4 Å². The van der Waals surface area contributed by atoms with Gasteiger partial charge in [-0.05, 0) is 42.3 Å². The summed E-state index contributed by atoms with van der Waals surface area (Å²) in [5.41, 5.74) is 8.56. The fourth-order valence-electron chi connectivity index (χ4n) is 2.14. The van der Waals surface area contributed by atoms with E-state index in [0.29, 0.717) is 17.3 Å². The van der Waals surface area contributed by atoms with Gasteiger partial charge >= 0.3 is 0 Å². The fourth-order valence-corrected chi connectivity index (χ4v) is 2.31. The van der Waals surface area contributed by atoms with E-state index in [0.717, 1.165) is 28.2 Å². The molecule has 3 rings (SSSR count). The molecule has 0 spiro atoms. The largest absolute Gasteiger partial charge is 0.488 e. The van der Waals surface area contributed by atoms with Gasteiger partial charge in [0.05, 0.1) is 5.56 Å². The maximum absolute atomic E-state index is 5.86. The number of thiocarbonyl (C=S) groups is 1. The van der Waals surface area contributed by atoms with Crippen LogP contribution in [0.4, 0.5) is 0 Å². The number of aryl methyl sites for hydroxylation is 1. The third-order valence-corrected chi connectivity index (χ3v) is 3.45. The molecule has 0 saturated carbocycles. The normalized spacial score (nSPS) is 12.2. The van der Waals surface area contributed by atoms with Crippen molar-refractivity contribution in [2.45, 2.75) is 13.5 Å². The fraction of sp³-hybridized carbons (Fsp3) is 0.188. The van der Waals surface area contributed by atoms with Crippen LogP contribution in [0.1, 0.15) is 16.7 Å². The Labute approximate surface area is 128 Å². The number of hydrogen-bond donors (Lipinski definition) is 1. The van der Waals surface area contributed by atoms with Gasteiger partial charge in [0.2, 0.25) is 6.79 Å². The van der Waals surface area contributed by atoms with Gasteiger partial charge < -0.3 is 19.9 Å². The smallest absolute Gasteiger partial charge is 0.231 e. The van der Waals surface area contributed by atoms with Crippen LogP contribution in [0.2, 0.25) is 0 Å². The minimum atomic E-state index is 0.267. The Morgan fingerprint density at radius 2 is 2.00 bits per heavy atom. The molecular formula is C16H15NO3S. The number of hydrogen-bond acceptors (Lipinski definition) is 4. The number of benzene rings is 2. The van der Waals surface area contributed by atoms with E-state index in [1.54, 1.807) is 0 Å². The summed E-state index contributed by atoms with van der Waals surface area (Å²) in [4.78, 5) is 0.329. The second-order valence-corrected chi connectivity index (χ2v) is 5.28. The summed E-state index contributed by atoms with van der Waals surface area (Å²) < 4.78 is 16.5. The predicted molar refractivity (Wildman–Crippen MR) is 84.0 cm³/mol. The van der Waals surface area contributed by atoms with Gasteiger partial charge in [-0.3, -0.25) is 0 Å². The molecule has 0 amide bonds. The number of rotatable bonds is 4. The zero-order chi connectivity index (χ0) is 14.8. The summed E-state index contributed by atoms with van der Waals surface area (Å²) in [6.07, 6.45) is 0. The average Bonchev–Trinajstić information content (AvgIpc) is 2.92. The van der Waals surface area contributed by atoms with E-state index in [1.165, 1.54) is 0 Å². The standard InChI is InChI=1S/C16H15NO3S/c1-10-2-4-12(16(17)21)14(6-10)18-8-11-3-5-13-15(7-11)20-9-19-13/h2-7H,8-9H2,1H3,(H2,17,21). The highest BCUT2D eigenvalue weighted by Crippen LogP contribution is 2.33. The topological polar surface area (TPSA) is 53.7 Å². The monoisotopic (exact) mass is 301 g/mol. The lowest BCUT2D eigenvalue weighted by Gasteiger charge is -2.12. The summed E-state index contributed by atoms with van der Waals surface area (Å²) in [7, 11) is 0. The Morgan fingerprint density at radius 1 is 1.19 bits per heavy atom. The Bertz CT molecular complexity index is 700. The molecule has 4 nitrogen and oxygen atoms in total. The maximum atomic E-state index is 5.86. The molecule has 0 aliphatic carbocycles. The first-order valence-corrected chi connectivity index (χ1v) is 6.96. The predicted octanol–water partition coefficient (Wildman–Crippen LogP) is 2.94. The van der Waals surface area contributed by atoms with Crippen molar-refractivity contribution in [3.05, 3.63) is 53.1 Å². The molecule has 1 aliphatic rings. The summed E-state index contributed by atoms with van der Waals surface area (Å²) in [6, 6.07) is 11.5. The van der Waals surface area contributed by atoms with Crippen molar-refractivity contribution in [3.8, 4) is 17.2 Å². The minimum Gasteiger partial charge on any atom is -0.488 e. The molecule has 5 heteroatoms. The van der Waals surface area contributed by atoms with E-state index in [4.69, 9.17) is 32.2 Å². The van der Waals surface area contributed by atoms with Crippen LogP contribution in [0.5, 0.6) is 17.2 Å².